The first-order valence-corrected chi connectivity index (χ1v) is 9.62. The van der Waals surface area contributed by atoms with Crippen LogP contribution in [-0.4, -0.2) is 13.5 Å². The maximum absolute atomic E-state index is 5.55. The summed E-state index contributed by atoms with van der Waals surface area (Å²) in [7, 11) is 2.77. The first-order chi connectivity index (χ1) is 10.6. The Bertz CT molecular complexity index is 575. The van der Waals surface area contributed by atoms with Crippen LogP contribution in [-0.2, 0) is 13.1 Å². The van der Waals surface area contributed by atoms with Gasteiger partial charge in [0.2, 0.25) is 0 Å². The summed E-state index contributed by atoms with van der Waals surface area (Å²) in [5, 5.41) is 0. The molecule has 0 heterocycles. The van der Waals surface area contributed by atoms with E-state index >= 15 is 0 Å². The van der Waals surface area contributed by atoms with Gasteiger partial charge in [0.25, 0.3) is 0 Å². The molecule has 22 heavy (non-hydrogen) atoms. The van der Waals surface area contributed by atoms with Crippen LogP contribution in [0.2, 0.25) is 0 Å². The highest BCUT2D eigenvalue weighted by molar-refractivity contribution is 8.89. The Kier molecular flexibility index (Phi) is 7.18. The van der Waals surface area contributed by atoms with Crippen molar-refractivity contribution in [3.05, 3.63) is 71.8 Å². The van der Waals surface area contributed by atoms with Gasteiger partial charge in [0.05, 0.1) is 0 Å². The van der Waals surface area contributed by atoms with Crippen LogP contribution < -0.4 is 5.73 Å². The largest absolute Gasteiger partial charge is 0.384 e. The molecule has 2 nitrogen and oxygen atoms in total. The number of benzene rings is 2. The fourth-order valence-corrected chi connectivity index (χ4v) is 3.83. The van der Waals surface area contributed by atoms with Gasteiger partial charge in [-0.3, -0.25) is 0 Å². The van der Waals surface area contributed by atoms with E-state index in [-0.39, 0.29) is 0 Å². The molecule has 0 spiro atoms. The van der Waals surface area contributed by atoms with Crippen LogP contribution in [0.15, 0.2) is 60.7 Å². The van der Waals surface area contributed by atoms with E-state index in [9.17, 15) is 0 Å². The van der Waals surface area contributed by atoms with E-state index in [2.05, 4.69) is 29.2 Å². The molecule has 2 N–H and O–H groups in total. The van der Waals surface area contributed by atoms with Gasteiger partial charge in [-0.05, 0) is 32.7 Å². The second-order valence-electron chi connectivity index (χ2n) is 4.58. The van der Waals surface area contributed by atoms with E-state index in [1.807, 2.05) is 36.4 Å². The Morgan fingerprint density at radius 3 is 1.68 bits per heavy atom. The standard InChI is InChI=1S/C16H16N2S4/c17-15(19)21-22-16(20)18(11-13-7-3-1-4-8-13)12-14-9-5-2-6-10-14/h1-10H,11-12H2,(H2,17,19). The van der Waals surface area contributed by atoms with Gasteiger partial charge in [-0.2, -0.15) is 0 Å². The number of thiocarbonyl (C=S) groups is 2. The lowest BCUT2D eigenvalue weighted by Crippen LogP contribution is -2.26. The Hall–Kier alpha value is -1.08. The Morgan fingerprint density at radius 1 is 0.818 bits per heavy atom. The van der Waals surface area contributed by atoms with Crippen molar-refractivity contribution in [1.29, 1.82) is 0 Å². The number of nitrogens with two attached hydrogens (primary N) is 1. The molecule has 0 aliphatic carbocycles. The molecule has 0 amide bonds. The topological polar surface area (TPSA) is 29.3 Å². The SMILES string of the molecule is NC(=S)SSC(=S)N(Cc1ccccc1)Cc1ccccc1. The van der Waals surface area contributed by atoms with Crippen molar-refractivity contribution in [2.45, 2.75) is 13.1 Å². The van der Waals surface area contributed by atoms with Gasteiger partial charge in [0.15, 0.2) is 0 Å². The van der Waals surface area contributed by atoms with Crippen LogP contribution in [0.3, 0.4) is 0 Å². The predicted molar refractivity (Wildman–Crippen MR) is 107 cm³/mol. The number of hydrogen-bond donors (Lipinski definition) is 1. The lowest BCUT2D eigenvalue weighted by atomic mass is 10.2. The highest BCUT2D eigenvalue weighted by Gasteiger charge is 2.12. The van der Waals surface area contributed by atoms with E-state index in [4.69, 9.17) is 30.2 Å². The highest BCUT2D eigenvalue weighted by atomic mass is 33.1. The molecule has 2 aromatic rings. The third-order valence-electron chi connectivity index (χ3n) is 2.89. The minimum Gasteiger partial charge on any atom is -0.384 e. The zero-order valence-electron chi connectivity index (χ0n) is 11.8. The van der Waals surface area contributed by atoms with Gasteiger partial charge in [0.1, 0.15) is 8.64 Å². The molecule has 6 heteroatoms. The Balaban J connectivity index is 2.09. The van der Waals surface area contributed by atoms with Gasteiger partial charge in [-0.15, -0.1) is 0 Å². The third-order valence-corrected chi connectivity index (χ3v) is 6.19. The maximum Gasteiger partial charge on any atom is 0.148 e. The predicted octanol–water partition coefficient (Wildman–Crippen LogP) is 4.60. The normalized spacial score (nSPS) is 10.2. The maximum atomic E-state index is 5.55. The van der Waals surface area contributed by atoms with Crippen molar-refractivity contribution in [2.24, 2.45) is 5.73 Å². The van der Waals surface area contributed by atoms with E-state index in [0.29, 0.717) is 4.32 Å². The summed E-state index contributed by atoms with van der Waals surface area (Å²) >= 11 is 10.4. The molecule has 0 unspecified atom stereocenters. The first kappa shape index (κ1) is 17.3. The van der Waals surface area contributed by atoms with E-state index < -0.39 is 0 Å². The van der Waals surface area contributed by atoms with Crippen LogP contribution >= 0.6 is 46.0 Å². The van der Waals surface area contributed by atoms with Gasteiger partial charge < -0.3 is 10.6 Å². The zero-order chi connectivity index (χ0) is 15.8. The molecule has 2 rings (SSSR count). The molecule has 114 valence electrons. The van der Waals surface area contributed by atoms with Crippen molar-refractivity contribution >= 4 is 54.7 Å². The first-order valence-electron chi connectivity index (χ1n) is 6.66. The summed E-state index contributed by atoms with van der Waals surface area (Å²) in [4.78, 5) is 2.16. The second-order valence-corrected chi connectivity index (χ2v) is 8.08. The molecule has 0 saturated heterocycles. The van der Waals surface area contributed by atoms with Crippen molar-refractivity contribution < 1.29 is 0 Å². The van der Waals surface area contributed by atoms with Gasteiger partial charge in [-0.1, -0.05) is 85.1 Å². The van der Waals surface area contributed by atoms with Gasteiger partial charge in [-0.25, -0.2) is 0 Å². The monoisotopic (exact) mass is 364 g/mol. The quantitative estimate of drug-likeness (QED) is 0.630. The minimum atomic E-state index is 0.395. The van der Waals surface area contributed by atoms with Crippen molar-refractivity contribution in [3.63, 3.8) is 0 Å². The fraction of sp³-hybridized carbons (Fsp3) is 0.125. The summed E-state index contributed by atoms with van der Waals surface area (Å²) in [6.07, 6.45) is 0. The molecule has 0 aromatic heterocycles. The van der Waals surface area contributed by atoms with E-state index in [1.54, 1.807) is 0 Å². The number of hydrogen-bond acceptors (Lipinski definition) is 4. The van der Waals surface area contributed by atoms with Crippen LogP contribution in [0.5, 0.6) is 0 Å². The smallest absolute Gasteiger partial charge is 0.148 e. The second kappa shape index (κ2) is 9.15. The molecule has 0 aliphatic heterocycles. The molecule has 0 fully saturated rings. The van der Waals surface area contributed by atoms with Crippen LogP contribution in [0.1, 0.15) is 11.1 Å². The van der Waals surface area contributed by atoms with Gasteiger partial charge in [0, 0.05) is 13.1 Å². The van der Waals surface area contributed by atoms with Crippen molar-refractivity contribution in [3.8, 4) is 0 Å². The number of rotatable bonds is 4. The molecular weight excluding hydrogens is 348 g/mol. The Morgan fingerprint density at radius 2 is 1.27 bits per heavy atom. The molecule has 0 bridgehead atoms. The highest BCUT2D eigenvalue weighted by Crippen LogP contribution is 2.27. The zero-order valence-corrected chi connectivity index (χ0v) is 15.1. The van der Waals surface area contributed by atoms with Crippen LogP contribution in [0.25, 0.3) is 0 Å². The summed E-state index contributed by atoms with van der Waals surface area (Å²) in [5.41, 5.74) is 7.99. The summed E-state index contributed by atoms with van der Waals surface area (Å²) in [5.74, 6) is 0. The average molecular weight is 365 g/mol. The molecule has 0 aliphatic rings. The lowest BCUT2D eigenvalue weighted by molar-refractivity contribution is 0.421. The van der Waals surface area contributed by atoms with Crippen molar-refractivity contribution in [2.75, 3.05) is 0 Å². The number of nitrogens with zero attached hydrogens (tertiary/aromatic N) is 1. The summed E-state index contributed by atoms with van der Waals surface area (Å²) in [6.45, 7) is 1.53. The minimum absolute atomic E-state index is 0.395. The van der Waals surface area contributed by atoms with Gasteiger partial charge >= 0.3 is 0 Å². The Labute approximate surface area is 149 Å². The average Bonchev–Trinajstić information content (AvgIpc) is 2.54. The summed E-state index contributed by atoms with van der Waals surface area (Å²) < 4.78 is 1.18. The molecule has 2 aromatic carbocycles. The fourth-order valence-electron chi connectivity index (χ4n) is 1.92. The van der Waals surface area contributed by atoms with Crippen molar-refractivity contribution in [1.82, 2.24) is 4.90 Å². The van der Waals surface area contributed by atoms with E-state index in [1.165, 1.54) is 32.7 Å². The molecule has 0 saturated carbocycles. The third kappa shape index (κ3) is 5.96. The van der Waals surface area contributed by atoms with Crippen LogP contribution in [0.4, 0.5) is 0 Å². The molecular formula is C16H16N2S4. The molecule has 0 atom stereocenters. The molecule has 0 radical (unpaired) electrons. The summed E-state index contributed by atoms with van der Waals surface area (Å²) in [6, 6.07) is 20.6. The lowest BCUT2D eigenvalue weighted by Gasteiger charge is -2.24. The van der Waals surface area contributed by atoms with Crippen LogP contribution in [0, 0.1) is 0 Å². The van der Waals surface area contributed by atoms with E-state index in [0.717, 1.165) is 17.4 Å².